The maximum absolute atomic E-state index is 10.9. The Bertz CT molecular complexity index is 1010. The number of benzene rings is 2. The Morgan fingerprint density at radius 3 is 2.72 bits per heavy atom. The summed E-state index contributed by atoms with van der Waals surface area (Å²) in [5, 5.41) is 13.0. The summed E-state index contributed by atoms with van der Waals surface area (Å²) in [6, 6.07) is 15.5. The maximum atomic E-state index is 10.9. The highest BCUT2D eigenvalue weighted by molar-refractivity contribution is 5.84. The lowest BCUT2D eigenvalue weighted by Crippen LogP contribution is -2.03. The zero-order valence-corrected chi connectivity index (χ0v) is 13.7. The smallest absolute Gasteiger partial charge is 0.119 e. The van der Waals surface area contributed by atoms with Crippen LogP contribution in [0.3, 0.4) is 0 Å². The van der Waals surface area contributed by atoms with Crippen LogP contribution in [0.1, 0.15) is 17.2 Å². The van der Waals surface area contributed by atoms with E-state index in [1.165, 1.54) is 0 Å². The number of methoxy groups -OCH3 is 1. The van der Waals surface area contributed by atoms with Crippen LogP contribution in [0.15, 0.2) is 67.3 Å². The summed E-state index contributed by atoms with van der Waals surface area (Å²) < 4.78 is 5.26. The van der Waals surface area contributed by atoms with Crippen molar-refractivity contribution in [2.24, 2.45) is 0 Å². The fourth-order valence-corrected chi connectivity index (χ4v) is 2.97. The van der Waals surface area contributed by atoms with Gasteiger partial charge in [-0.15, -0.1) is 0 Å². The summed E-state index contributed by atoms with van der Waals surface area (Å²) in [6.45, 7) is 0. The molecule has 2 N–H and O–H groups in total. The molecule has 1 atom stereocenters. The van der Waals surface area contributed by atoms with E-state index in [1.54, 1.807) is 25.8 Å². The van der Waals surface area contributed by atoms with Gasteiger partial charge < -0.3 is 14.8 Å². The second kappa shape index (κ2) is 6.37. The highest BCUT2D eigenvalue weighted by atomic mass is 16.5. The van der Waals surface area contributed by atoms with E-state index in [2.05, 4.69) is 15.0 Å². The quantitative estimate of drug-likeness (QED) is 0.598. The number of aromatic amines is 1. The van der Waals surface area contributed by atoms with Crippen LogP contribution >= 0.6 is 0 Å². The predicted molar refractivity (Wildman–Crippen MR) is 96.4 cm³/mol. The SMILES string of the molecule is COc1ccc2cc(C(O)c3cccnc3-c3cnc[nH]3)ccc2c1. The third-order valence-electron chi connectivity index (χ3n) is 4.27. The number of pyridine rings is 1. The molecule has 2 heterocycles. The van der Waals surface area contributed by atoms with E-state index in [-0.39, 0.29) is 0 Å². The van der Waals surface area contributed by atoms with E-state index in [9.17, 15) is 5.11 Å². The zero-order valence-electron chi connectivity index (χ0n) is 13.7. The van der Waals surface area contributed by atoms with Gasteiger partial charge in [-0.1, -0.05) is 24.3 Å². The first kappa shape index (κ1) is 15.4. The topological polar surface area (TPSA) is 71.0 Å². The monoisotopic (exact) mass is 331 g/mol. The van der Waals surface area contributed by atoms with Gasteiger partial charge in [-0.05, 0) is 40.6 Å². The lowest BCUT2D eigenvalue weighted by atomic mass is 9.96. The van der Waals surface area contributed by atoms with E-state index in [4.69, 9.17) is 4.74 Å². The fourth-order valence-electron chi connectivity index (χ4n) is 2.97. The Hall–Kier alpha value is -3.18. The van der Waals surface area contributed by atoms with Gasteiger partial charge in [0.1, 0.15) is 11.9 Å². The number of hydrogen-bond donors (Lipinski definition) is 2. The number of hydrogen-bond acceptors (Lipinski definition) is 4. The molecule has 0 radical (unpaired) electrons. The number of aliphatic hydroxyl groups excluding tert-OH is 1. The zero-order chi connectivity index (χ0) is 17.2. The first-order valence-corrected chi connectivity index (χ1v) is 7.95. The van der Waals surface area contributed by atoms with Crippen LogP contribution in [0.2, 0.25) is 0 Å². The fraction of sp³-hybridized carbons (Fsp3) is 0.100. The Labute approximate surface area is 145 Å². The molecule has 5 nitrogen and oxygen atoms in total. The summed E-state index contributed by atoms with van der Waals surface area (Å²) in [7, 11) is 1.65. The molecule has 124 valence electrons. The van der Waals surface area contributed by atoms with Gasteiger partial charge in [-0.2, -0.15) is 0 Å². The number of aromatic nitrogens is 3. The van der Waals surface area contributed by atoms with Gasteiger partial charge in [0, 0.05) is 11.8 Å². The first-order chi connectivity index (χ1) is 12.3. The second-order valence-electron chi connectivity index (χ2n) is 5.78. The molecule has 4 aromatic rings. The first-order valence-electron chi connectivity index (χ1n) is 7.95. The summed E-state index contributed by atoms with van der Waals surface area (Å²) in [4.78, 5) is 11.5. The molecule has 0 spiro atoms. The molecule has 2 aromatic heterocycles. The van der Waals surface area contributed by atoms with E-state index >= 15 is 0 Å². The van der Waals surface area contributed by atoms with Crippen LogP contribution in [0, 0.1) is 0 Å². The van der Waals surface area contributed by atoms with Crippen molar-refractivity contribution in [2.75, 3.05) is 7.11 Å². The number of imidazole rings is 1. The van der Waals surface area contributed by atoms with Crippen LogP contribution in [0.5, 0.6) is 5.75 Å². The largest absolute Gasteiger partial charge is 0.497 e. The minimum Gasteiger partial charge on any atom is -0.497 e. The van der Waals surface area contributed by atoms with Crippen molar-refractivity contribution in [1.82, 2.24) is 15.0 Å². The lowest BCUT2D eigenvalue weighted by Gasteiger charge is -2.15. The Balaban J connectivity index is 1.77. The van der Waals surface area contributed by atoms with Crippen LogP contribution in [-0.4, -0.2) is 27.2 Å². The number of rotatable bonds is 4. The van der Waals surface area contributed by atoms with Crippen LogP contribution < -0.4 is 4.74 Å². The normalized spacial score (nSPS) is 12.2. The lowest BCUT2D eigenvalue weighted by molar-refractivity contribution is 0.220. The molecule has 0 saturated heterocycles. The Morgan fingerprint density at radius 1 is 1.08 bits per heavy atom. The van der Waals surface area contributed by atoms with Gasteiger partial charge >= 0.3 is 0 Å². The highest BCUT2D eigenvalue weighted by Gasteiger charge is 2.17. The molecular weight excluding hydrogens is 314 g/mol. The number of nitrogens with one attached hydrogen (secondary N) is 1. The average molecular weight is 331 g/mol. The summed E-state index contributed by atoms with van der Waals surface area (Å²) in [6.07, 6.45) is 4.23. The van der Waals surface area contributed by atoms with Crippen molar-refractivity contribution in [3.8, 4) is 17.1 Å². The van der Waals surface area contributed by atoms with Gasteiger partial charge in [0.2, 0.25) is 0 Å². The Morgan fingerprint density at radius 2 is 1.92 bits per heavy atom. The summed E-state index contributed by atoms with van der Waals surface area (Å²) in [5.74, 6) is 0.814. The van der Waals surface area contributed by atoms with Crippen molar-refractivity contribution < 1.29 is 9.84 Å². The number of aliphatic hydroxyl groups is 1. The molecule has 5 heteroatoms. The molecule has 0 fully saturated rings. The molecule has 25 heavy (non-hydrogen) atoms. The molecule has 0 amide bonds. The molecule has 4 rings (SSSR count). The molecule has 2 aromatic carbocycles. The van der Waals surface area contributed by atoms with Gasteiger partial charge in [0.15, 0.2) is 0 Å². The molecule has 0 bridgehead atoms. The minimum absolute atomic E-state index is 0.697. The highest BCUT2D eigenvalue weighted by Crippen LogP contribution is 2.31. The molecule has 0 aliphatic rings. The molecule has 0 aliphatic carbocycles. The van der Waals surface area contributed by atoms with Crippen molar-refractivity contribution in [3.05, 3.63) is 78.4 Å². The minimum atomic E-state index is -0.779. The number of nitrogens with zero attached hydrogens (tertiary/aromatic N) is 2. The summed E-state index contributed by atoms with van der Waals surface area (Å²) >= 11 is 0. The van der Waals surface area contributed by atoms with Gasteiger partial charge in [-0.25, -0.2) is 4.98 Å². The van der Waals surface area contributed by atoms with E-state index in [0.29, 0.717) is 5.69 Å². The molecule has 0 aliphatic heterocycles. The molecular formula is C20H17N3O2. The average Bonchev–Trinajstić information content (AvgIpc) is 3.21. The third kappa shape index (κ3) is 2.86. The predicted octanol–water partition coefficient (Wildman–Crippen LogP) is 3.72. The van der Waals surface area contributed by atoms with Crippen molar-refractivity contribution in [2.45, 2.75) is 6.10 Å². The third-order valence-corrected chi connectivity index (χ3v) is 4.27. The van der Waals surface area contributed by atoms with Crippen LogP contribution in [0.4, 0.5) is 0 Å². The van der Waals surface area contributed by atoms with Gasteiger partial charge in [0.25, 0.3) is 0 Å². The number of fused-ring (bicyclic) bond motifs is 1. The van der Waals surface area contributed by atoms with Crippen molar-refractivity contribution >= 4 is 10.8 Å². The summed E-state index contributed by atoms with van der Waals surface area (Å²) in [5.41, 5.74) is 3.02. The van der Waals surface area contributed by atoms with Gasteiger partial charge in [-0.3, -0.25) is 4.98 Å². The number of ether oxygens (including phenoxy) is 1. The molecule has 0 saturated carbocycles. The standard InChI is InChI=1S/C20H17N3O2/c1-25-16-7-6-13-9-15(5-4-14(13)10-16)20(24)17-3-2-8-22-19(17)18-11-21-12-23-18/h2-12,20,24H,1H3,(H,21,23). The van der Waals surface area contributed by atoms with Gasteiger partial charge in [0.05, 0.1) is 31.0 Å². The van der Waals surface area contributed by atoms with E-state index in [0.717, 1.165) is 33.3 Å². The Kier molecular flexibility index (Phi) is 3.91. The van der Waals surface area contributed by atoms with E-state index in [1.807, 2.05) is 48.5 Å². The van der Waals surface area contributed by atoms with Crippen LogP contribution in [0.25, 0.3) is 22.2 Å². The van der Waals surface area contributed by atoms with Crippen molar-refractivity contribution in [1.29, 1.82) is 0 Å². The molecule has 1 unspecified atom stereocenters. The second-order valence-corrected chi connectivity index (χ2v) is 5.78. The van der Waals surface area contributed by atoms with Crippen LogP contribution in [-0.2, 0) is 0 Å². The maximum Gasteiger partial charge on any atom is 0.119 e. The number of H-pyrrole nitrogens is 1. The van der Waals surface area contributed by atoms with Crippen molar-refractivity contribution in [3.63, 3.8) is 0 Å². The van der Waals surface area contributed by atoms with E-state index < -0.39 is 6.10 Å².